The fourth-order valence-corrected chi connectivity index (χ4v) is 5.54. The fourth-order valence-electron chi connectivity index (χ4n) is 5.54. The van der Waals surface area contributed by atoms with Gasteiger partial charge in [-0.25, -0.2) is 23.7 Å². The van der Waals surface area contributed by atoms with E-state index in [-0.39, 0.29) is 23.5 Å². The van der Waals surface area contributed by atoms with Crippen molar-refractivity contribution >= 4 is 17.0 Å². The lowest BCUT2D eigenvalue weighted by Crippen LogP contribution is -2.45. The van der Waals surface area contributed by atoms with Gasteiger partial charge in [-0.05, 0) is 62.8 Å². The van der Waals surface area contributed by atoms with Crippen molar-refractivity contribution < 1.29 is 18.3 Å². The number of fused-ring (bicyclic) bond motifs is 4. The monoisotopic (exact) mass is 426 g/mol. The molecule has 6 rings (SSSR count). The minimum absolute atomic E-state index is 0.00544. The van der Waals surface area contributed by atoms with Crippen molar-refractivity contribution in [3.05, 3.63) is 42.0 Å². The zero-order valence-electron chi connectivity index (χ0n) is 17.3. The Morgan fingerprint density at radius 3 is 2.71 bits per heavy atom. The molecule has 0 radical (unpaired) electrons. The molecule has 2 atom stereocenters. The van der Waals surface area contributed by atoms with Crippen molar-refractivity contribution in [2.24, 2.45) is 23.7 Å². The maximum Gasteiger partial charge on any atom is 0.309 e. The predicted octanol–water partition coefficient (Wildman–Crippen LogP) is 4.46. The standard InChI is InChI=1S/C23H24F2N4O2/c1-2-31-23(30)20-13-5-3-12(4-6-13)15(20)8-19-18(25)11-28-22(29-19)17-10-27-21-16(17)7-14(24)9-26-21/h7,9-13,15,20H,2-6,8H2,1H3,(H,26,27)/t12?,13?,15-,20-/m0/s1. The molecule has 3 fully saturated rings. The number of esters is 1. The number of halogens is 2. The first-order valence-electron chi connectivity index (χ1n) is 10.9. The molecular formula is C23H24F2N4O2. The third kappa shape index (κ3) is 3.58. The van der Waals surface area contributed by atoms with Crippen LogP contribution in [0.25, 0.3) is 22.4 Å². The number of rotatable bonds is 5. The summed E-state index contributed by atoms with van der Waals surface area (Å²) in [6.45, 7) is 2.15. The minimum atomic E-state index is -0.489. The molecule has 3 saturated carbocycles. The molecule has 31 heavy (non-hydrogen) atoms. The number of carbonyl (C=O) groups is 1. The summed E-state index contributed by atoms with van der Waals surface area (Å²) in [5, 5.41) is 0.540. The first kappa shape index (κ1) is 20.0. The minimum Gasteiger partial charge on any atom is -0.466 e. The van der Waals surface area contributed by atoms with Crippen LogP contribution < -0.4 is 0 Å². The van der Waals surface area contributed by atoms with E-state index in [9.17, 15) is 13.6 Å². The molecule has 6 nitrogen and oxygen atoms in total. The van der Waals surface area contributed by atoms with Crippen molar-refractivity contribution in [3.63, 3.8) is 0 Å². The first-order valence-corrected chi connectivity index (χ1v) is 10.9. The lowest BCUT2D eigenvalue weighted by molar-refractivity contribution is -0.158. The van der Waals surface area contributed by atoms with Gasteiger partial charge in [0.05, 0.1) is 30.6 Å². The van der Waals surface area contributed by atoms with Crippen LogP contribution in [-0.4, -0.2) is 32.5 Å². The molecule has 0 aliphatic heterocycles. The number of aromatic nitrogens is 4. The second kappa shape index (κ2) is 7.98. The molecule has 0 aromatic carbocycles. The number of hydrogen-bond acceptors (Lipinski definition) is 5. The molecular weight excluding hydrogens is 402 g/mol. The molecule has 0 amide bonds. The van der Waals surface area contributed by atoms with Gasteiger partial charge in [0.15, 0.2) is 11.6 Å². The van der Waals surface area contributed by atoms with Crippen LogP contribution in [0, 0.1) is 35.3 Å². The highest BCUT2D eigenvalue weighted by molar-refractivity contribution is 5.91. The van der Waals surface area contributed by atoms with E-state index in [0.29, 0.717) is 47.3 Å². The molecule has 3 heterocycles. The van der Waals surface area contributed by atoms with E-state index in [2.05, 4.69) is 19.9 Å². The number of nitrogens with zero attached hydrogens (tertiary/aromatic N) is 3. The van der Waals surface area contributed by atoms with Gasteiger partial charge in [-0.3, -0.25) is 4.79 Å². The van der Waals surface area contributed by atoms with E-state index < -0.39 is 11.6 Å². The van der Waals surface area contributed by atoms with Crippen LogP contribution in [-0.2, 0) is 16.0 Å². The van der Waals surface area contributed by atoms with Gasteiger partial charge in [0.25, 0.3) is 0 Å². The van der Waals surface area contributed by atoms with E-state index in [1.807, 2.05) is 6.92 Å². The van der Waals surface area contributed by atoms with Gasteiger partial charge in [-0.15, -0.1) is 0 Å². The maximum atomic E-state index is 14.7. The number of pyridine rings is 1. The topological polar surface area (TPSA) is 80.8 Å². The van der Waals surface area contributed by atoms with Gasteiger partial charge in [0.1, 0.15) is 11.5 Å². The molecule has 162 valence electrons. The number of hydrogen-bond donors (Lipinski definition) is 1. The molecule has 3 aromatic heterocycles. The van der Waals surface area contributed by atoms with E-state index in [0.717, 1.165) is 38.1 Å². The molecule has 0 spiro atoms. The van der Waals surface area contributed by atoms with Crippen molar-refractivity contribution in [1.29, 1.82) is 0 Å². The van der Waals surface area contributed by atoms with Crippen LogP contribution >= 0.6 is 0 Å². The lowest BCUT2D eigenvalue weighted by atomic mass is 9.57. The van der Waals surface area contributed by atoms with Gasteiger partial charge < -0.3 is 9.72 Å². The maximum absolute atomic E-state index is 14.7. The normalized spacial score (nSPS) is 25.1. The Hall–Kier alpha value is -2.90. The van der Waals surface area contributed by atoms with Crippen LogP contribution in [0.2, 0.25) is 0 Å². The van der Waals surface area contributed by atoms with E-state index >= 15 is 0 Å². The zero-order chi connectivity index (χ0) is 21.5. The molecule has 3 aliphatic carbocycles. The van der Waals surface area contributed by atoms with E-state index in [1.54, 1.807) is 6.20 Å². The summed E-state index contributed by atoms with van der Waals surface area (Å²) in [5.74, 6) is -0.367. The Bertz CT molecular complexity index is 1120. The molecule has 3 aliphatic rings. The van der Waals surface area contributed by atoms with Gasteiger partial charge in [0.2, 0.25) is 0 Å². The zero-order valence-corrected chi connectivity index (χ0v) is 17.3. The smallest absolute Gasteiger partial charge is 0.309 e. The van der Waals surface area contributed by atoms with Crippen molar-refractivity contribution in [2.45, 2.75) is 39.0 Å². The highest BCUT2D eigenvalue weighted by atomic mass is 19.1. The van der Waals surface area contributed by atoms with Gasteiger partial charge >= 0.3 is 5.97 Å². The van der Waals surface area contributed by atoms with Crippen molar-refractivity contribution in [1.82, 2.24) is 19.9 Å². The second-order valence-corrected chi connectivity index (χ2v) is 8.56. The Labute approximate surface area is 178 Å². The van der Waals surface area contributed by atoms with Crippen LogP contribution in [0.5, 0.6) is 0 Å². The third-order valence-corrected chi connectivity index (χ3v) is 6.93. The van der Waals surface area contributed by atoms with Crippen LogP contribution in [0.3, 0.4) is 0 Å². The Balaban J connectivity index is 1.49. The molecule has 0 saturated heterocycles. The predicted molar refractivity (Wildman–Crippen MR) is 110 cm³/mol. The Kier molecular flexibility index (Phi) is 5.16. The molecule has 8 heteroatoms. The van der Waals surface area contributed by atoms with Gasteiger partial charge in [-0.1, -0.05) is 0 Å². The number of carbonyl (C=O) groups excluding carboxylic acids is 1. The van der Waals surface area contributed by atoms with Gasteiger partial charge in [0, 0.05) is 17.1 Å². The molecule has 3 aromatic rings. The largest absolute Gasteiger partial charge is 0.466 e. The first-order chi connectivity index (χ1) is 15.0. The molecule has 1 N–H and O–H groups in total. The molecule has 0 unspecified atom stereocenters. The lowest BCUT2D eigenvalue weighted by Gasteiger charge is -2.47. The average Bonchev–Trinajstić information content (AvgIpc) is 3.19. The highest BCUT2D eigenvalue weighted by Crippen LogP contribution is 2.50. The SMILES string of the molecule is CCOC(=O)[C@H]1C2CCC(CC2)[C@@H]1Cc1nc(-c2c[nH]c3ncc(F)cc23)ncc1F. The highest BCUT2D eigenvalue weighted by Gasteiger charge is 2.48. The summed E-state index contributed by atoms with van der Waals surface area (Å²) >= 11 is 0. The number of aromatic amines is 1. The number of nitrogens with one attached hydrogen (secondary N) is 1. The van der Waals surface area contributed by atoms with E-state index in [4.69, 9.17) is 4.74 Å². The Morgan fingerprint density at radius 1 is 1.16 bits per heavy atom. The number of H-pyrrole nitrogens is 1. The fraction of sp³-hybridized carbons (Fsp3) is 0.478. The van der Waals surface area contributed by atoms with Crippen LogP contribution in [0.4, 0.5) is 8.78 Å². The Morgan fingerprint density at radius 2 is 1.94 bits per heavy atom. The van der Waals surface area contributed by atoms with E-state index in [1.165, 1.54) is 6.07 Å². The second-order valence-electron chi connectivity index (χ2n) is 8.56. The quantitative estimate of drug-likeness (QED) is 0.610. The van der Waals surface area contributed by atoms with Crippen LogP contribution in [0.15, 0.2) is 24.7 Å². The van der Waals surface area contributed by atoms with Crippen molar-refractivity contribution in [3.8, 4) is 11.4 Å². The average molecular weight is 426 g/mol. The van der Waals surface area contributed by atoms with Gasteiger partial charge in [-0.2, -0.15) is 0 Å². The summed E-state index contributed by atoms with van der Waals surface area (Å²) in [6.07, 6.45) is 8.46. The summed E-state index contributed by atoms with van der Waals surface area (Å²) < 4.78 is 33.8. The molecule has 2 bridgehead atoms. The summed E-state index contributed by atoms with van der Waals surface area (Å²) in [6, 6.07) is 1.36. The number of ether oxygens (including phenoxy) is 1. The van der Waals surface area contributed by atoms with Crippen molar-refractivity contribution in [2.75, 3.05) is 6.61 Å². The summed E-state index contributed by atoms with van der Waals surface area (Å²) in [5.41, 5.74) is 1.36. The van der Waals surface area contributed by atoms with Crippen LogP contribution in [0.1, 0.15) is 38.3 Å². The third-order valence-electron chi connectivity index (χ3n) is 6.93. The summed E-state index contributed by atoms with van der Waals surface area (Å²) in [7, 11) is 0. The summed E-state index contributed by atoms with van der Waals surface area (Å²) in [4.78, 5) is 28.3.